The van der Waals surface area contributed by atoms with Crippen molar-refractivity contribution < 1.29 is 4.39 Å². The molecule has 0 aliphatic heterocycles. The second kappa shape index (κ2) is 6.31. The van der Waals surface area contributed by atoms with Crippen molar-refractivity contribution in [3.05, 3.63) is 34.6 Å². The first kappa shape index (κ1) is 12.8. The van der Waals surface area contributed by atoms with Gasteiger partial charge in [0.2, 0.25) is 0 Å². The second-order valence-electron chi connectivity index (χ2n) is 3.63. The van der Waals surface area contributed by atoms with E-state index in [0.29, 0.717) is 23.4 Å². The molecule has 0 aromatic heterocycles. The van der Waals surface area contributed by atoms with Gasteiger partial charge in [-0.25, -0.2) is 4.39 Å². The Balaban J connectivity index is 2.44. The van der Waals surface area contributed by atoms with Gasteiger partial charge in [0.25, 0.3) is 0 Å². The fourth-order valence-corrected chi connectivity index (χ4v) is 1.52. The highest BCUT2D eigenvalue weighted by Gasteiger charge is 2.03. The minimum absolute atomic E-state index is 0.308. The van der Waals surface area contributed by atoms with Crippen molar-refractivity contribution in [3.63, 3.8) is 0 Å². The highest BCUT2D eigenvalue weighted by Crippen LogP contribution is 2.16. The SMILES string of the molecule is CC(CCl)CNCc1ccc(F)cc1Cl. The van der Waals surface area contributed by atoms with Crippen LogP contribution in [0, 0.1) is 11.7 Å². The van der Waals surface area contributed by atoms with Gasteiger partial charge < -0.3 is 5.32 Å². The Kier molecular flexibility index (Phi) is 5.37. The van der Waals surface area contributed by atoms with Gasteiger partial charge in [0.05, 0.1) is 0 Å². The molecule has 0 bridgehead atoms. The van der Waals surface area contributed by atoms with Crippen LogP contribution in [0.15, 0.2) is 18.2 Å². The average Bonchev–Trinajstić information content (AvgIpc) is 2.21. The summed E-state index contributed by atoms with van der Waals surface area (Å²) in [5.41, 5.74) is 0.903. The molecule has 15 heavy (non-hydrogen) atoms. The van der Waals surface area contributed by atoms with Gasteiger partial charge >= 0.3 is 0 Å². The summed E-state index contributed by atoms with van der Waals surface area (Å²) < 4.78 is 12.7. The number of benzene rings is 1. The number of nitrogens with one attached hydrogen (secondary N) is 1. The first-order valence-corrected chi connectivity index (χ1v) is 5.75. The number of alkyl halides is 1. The summed E-state index contributed by atoms with van der Waals surface area (Å²) in [6, 6.07) is 4.42. The fraction of sp³-hybridized carbons (Fsp3) is 0.455. The minimum atomic E-state index is -0.308. The molecule has 1 rings (SSSR count). The maximum atomic E-state index is 12.7. The lowest BCUT2D eigenvalue weighted by Gasteiger charge is -2.10. The summed E-state index contributed by atoms with van der Waals surface area (Å²) in [4.78, 5) is 0. The molecule has 84 valence electrons. The van der Waals surface area contributed by atoms with Crippen molar-refractivity contribution in [1.82, 2.24) is 5.32 Å². The first-order valence-electron chi connectivity index (χ1n) is 4.84. The largest absolute Gasteiger partial charge is 0.312 e. The fourth-order valence-electron chi connectivity index (χ4n) is 1.17. The summed E-state index contributed by atoms with van der Waals surface area (Å²) in [5, 5.41) is 3.68. The molecule has 0 amide bonds. The zero-order valence-corrected chi connectivity index (χ0v) is 10.1. The topological polar surface area (TPSA) is 12.0 Å². The van der Waals surface area contributed by atoms with Crippen LogP contribution < -0.4 is 5.32 Å². The number of halogens is 3. The molecule has 1 aromatic rings. The number of hydrogen-bond donors (Lipinski definition) is 1. The molecule has 0 spiro atoms. The molecular formula is C11H14Cl2FN. The third-order valence-electron chi connectivity index (χ3n) is 2.09. The molecule has 0 fully saturated rings. The Bertz CT molecular complexity index is 317. The standard InChI is InChI=1S/C11H14Cl2FN/c1-8(5-12)6-15-7-9-2-3-10(14)4-11(9)13/h2-4,8,15H,5-7H2,1H3. The van der Waals surface area contributed by atoms with Crippen LogP contribution in [0.4, 0.5) is 4.39 Å². The second-order valence-corrected chi connectivity index (χ2v) is 4.34. The number of rotatable bonds is 5. The third kappa shape index (κ3) is 4.37. The van der Waals surface area contributed by atoms with Gasteiger partial charge in [-0.3, -0.25) is 0 Å². The molecule has 0 aliphatic rings. The molecular weight excluding hydrogens is 236 g/mol. The Labute approximate surface area is 99.6 Å². The van der Waals surface area contributed by atoms with E-state index in [2.05, 4.69) is 12.2 Å². The van der Waals surface area contributed by atoms with E-state index in [9.17, 15) is 4.39 Å². The van der Waals surface area contributed by atoms with E-state index in [1.54, 1.807) is 6.07 Å². The van der Waals surface area contributed by atoms with E-state index in [4.69, 9.17) is 23.2 Å². The van der Waals surface area contributed by atoms with Crippen LogP contribution in [-0.4, -0.2) is 12.4 Å². The van der Waals surface area contributed by atoms with E-state index in [-0.39, 0.29) is 5.82 Å². The molecule has 0 saturated heterocycles. The van der Waals surface area contributed by atoms with Crippen LogP contribution in [0.3, 0.4) is 0 Å². The Morgan fingerprint density at radius 3 is 2.80 bits per heavy atom. The van der Waals surface area contributed by atoms with E-state index in [1.165, 1.54) is 12.1 Å². The molecule has 4 heteroatoms. The zero-order chi connectivity index (χ0) is 11.3. The van der Waals surface area contributed by atoms with Crippen molar-refractivity contribution in [2.24, 2.45) is 5.92 Å². The highest BCUT2D eigenvalue weighted by molar-refractivity contribution is 6.31. The zero-order valence-electron chi connectivity index (χ0n) is 8.56. The lowest BCUT2D eigenvalue weighted by molar-refractivity contribution is 0.556. The lowest BCUT2D eigenvalue weighted by atomic mass is 10.2. The van der Waals surface area contributed by atoms with Crippen LogP contribution in [-0.2, 0) is 6.54 Å². The number of hydrogen-bond acceptors (Lipinski definition) is 1. The summed E-state index contributed by atoms with van der Waals surface area (Å²) in [5.74, 6) is 0.744. The van der Waals surface area contributed by atoms with Crippen LogP contribution in [0.1, 0.15) is 12.5 Å². The van der Waals surface area contributed by atoms with Gasteiger partial charge in [0.1, 0.15) is 5.82 Å². The van der Waals surface area contributed by atoms with E-state index >= 15 is 0 Å². The van der Waals surface area contributed by atoms with Gasteiger partial charge in [-0.15, -0.1) is 11.6 Å². The van der Waals surface area contributed by atoms with Gasteiger partial charge in [-0.2, -0.15) is 0 Å². The molecule has 1 nitrogen and oxygen atoms in total. The predicted molar refractivity (Wildman–Crippen MR) is 63.0 cm³/mol. The average molecular weight is 250 g/mol. The Morgan fingerprint density at radius 2 is 2.20 bits per heavy atom. The maximum absolute atomic E-state index is 12.7. The lowest BCUT2D eigenvalue weighted by Crippen LogP contribution is -2.21. The minimum Gasteiger partial charge on any atom is -0.312 e. The van der Waals surface area contributed by atoms with Crippen LogP contribution in [0.25, 0.3) is 0 Å². The van der Waals surface area contributed by atoms with Crippen LogP contribution >= 0.6 is 23.2 Å². The summed E-state index contributed by atoms with van der Waals surface area (Å²) in [7, 11) is 0. The summed E-state index contributed by atoms with van der Waals surface area (Å²) in [6.45, 7) is 3.53. The third-order valence-corrected chi connectivity index (χ3v) is 2.97. The smallest absolute Gasteiger partial charge is 0.124 e. The van der Waals surface area contributed by atoms with Crippen molar-refractivity contribution in [2.45, 2.75) is 13.5 Å². The molecule has 0 saturated carbocycles. The Morgan fingerprint density at radius 1 is 1.47 bits per heavy atom. The monoisotopic (exact) mass is 249 g/mol. The quantitative estimate of drug-likeness (QED) is 0.789. The Hall–Kier alpha value is -0.310. The molecule has 0 aliphatic carbocycles. The molecule has 0 heterocycles. The molecule has 0 radical (unpaired) electrons. The normalized spacial score (nSPS) is 12.8. The molecule has 1 aromatic carbocycles. The highest BCUT2D eigenvalue weighted by atomic mass is 35.5. The van der Waals surface area contributed by atoms with E-state index in [0.717, 1.165) is 12.1 Å². The van der Waals surface area contributed by atoms with Gasteiger partial charge in [0.15, 0.2) is 0 Å². The predicted octanol–water partition coefficient (Wildman–Crippen LogP) is 3.44. The summed E-state index contributed by atoms with van der Waals surface area (Å²) in [6.07, 6.45) is 0. The summed E-state index contributed by atoms with van der Waals surface area (Å²) >= 11 is 11.5. The van der Waals surface area contributed by atoms with Gasteiger partial charge in [0, 0.05) is 17.4 Å². The molecule has 1 atom stereocenters. The molecule has 1 unspecified atom stereocenters. The van der Waals surface area contributed by atoms with Crippen LogP contribution in [0.2, 0.25) is 5.02 Å². The van der Waals surface area contributed by atoms with Crippen molar-refractivity contribution in [2.75, 3.05) is 12.4 Å². The maximum Gasteiger partial charge on any atom is 0.124 e. The van der Waals surface area contributed by atoms with Gasteiger partial charge in [-0.1, -0.05) is 24.6 Å². The van der Waals surface area contributed by atoms with Crippen molar-refractivity contribution in [1.29, 1.82) is 0 Å². The molecule has 1 N–H and O–H groups in total. The van der Waals surface area contributed by atoms with E-state index < -0.39 is 0 Å². The van der Waals surface area contributed by atoms with E-state index in [1.807, 2.05) is 0 Å². The van der Waals surface area contributed by atoms with Crippen molar-refractivity contribution >= 4 is 23.2 Å². The van der Waals surface area contributed by atoms with Crippen molar-refractivity contribution in [3.8, 4) is 0 Å². The first-order chi connectivity index (χ1) is 7.13. The van der Waals surface area contributed by atoms with Crippen LogP contribution in [0.5, 0.6) is 0 Å². The van der Waals surface area contributed by atoms with Gasteiger partial charge in [-0.05, 0) is 30.2 Å².